The molecule has 118 valence electrons. The van der Waals surface area contributed by atoms with Gasteiger partial charge in [-0.1, -0.05) is 0 Å². The smallest absolute Gasteiger partial charge is 0.337 e. The lowest BCUT2D eigenvalue weighted by atomic mass is 9.96. The minimum atomic E-state index is -0.408. The maximum Gasteiger partial charge on any atom is 0.337 e. The molecule has 6 heteroatoms. The Labute approximate surface area is 129 Å². The lowest BCUT2D eigenvalue weighted by molar-refractivity contribution is -0.132. The fourth-order valence-electron chi connectivity index (χ4n) is 2.51. The summed E-state index contributed by atoms with van der Waals surface area (Å²) < 4.78 is 4.62. The fourth-order valence-corrected chi connectivity index (χ4v) is 2.51. The number of ether oxygens (including phenoxy) is 1. The first-order valence-electron chi connectivity index (χ1n) is 7.26. The molecular weight excluding hydrogens is 284 g/mol. The molecule has 0 saturated carbocycles. The molecule has 2 rings (SSSR count). The quantitative estimate of drug-likeness (QED) is 0.862. The van der Waals surface area contributed by atoms with Crippen molar-refractivity contribution in [1.82, 2.24) is 4.90 Å². The molecule has 0 unspecified atom stereocenters. The molecule has 1 aromatic rings. The van der Waals surface area contributed by atoms with Gasteiger partial charge in [0.1, 0.15) is 0 Å². The zero-order valence-electron chi connectivity index (χ0n) is 12.8. The molecule has 0 radical (unpaired) electrons. The van der Waals surface area contributed by atoms with Gasteiger partial charge in [0.2, 0.25) is 11.8 Å². The molecule has 0 bridgehead atoms. The van der Waals surface area contributed by atoms with Crippen molar-refractivity contribution in [2.45, 2.75) is 19.8 Å². The second-order valence-corrected chi connectivity index (χ2v) is 5.34. The number of hydrogen-bond donors (Lipinski definition) is 1. The first-order valence-corrected chi connectivity index (χ1v) is 7.26. The number of rotatable bonds is 3. The van der Waals surface area contributed by atoms with Crippen LogP contribution in [0, 0.1) is 5.92 Å². The SMILES string of the molecule is COC(=O)c1ccc(NC(=O)C2CCN(C(C)=O)CC2)cc1. The Balaban J connectivity index is 1.90. The van der Waals surface area contributed by atoms with Crippen LogP contribution in [0.15, 0.2) is 24.3 Å². The minimum Gasteiger partial charge on any atom is -0.465 e. The van der Waals surface area contributed by atoms with Gasteiger partial charge in [-0.05, 0) is 37.1 Å². The van der Waals surface area contributed by atoms with Crippen LogP contribution < -0.4 is 5.32 Å². The van der Waals surface area contributed by atoms with Gasteiger partial charge in [-0.25, -0.2) is 4.79 Å². The third kappa shape index (κ3) is 3.84. The summed E-state index contributed by atoms with van der Waals surface area (Å²) in [6.07, 6.45) is 1.34. The molecule has 1 aromatic carbocycles. The van der Waals surface area contributed by atoms with Crippen LogP contribution in [0.5, 0.6) is 0 Å². The zero-order valence-corrected chi connectivity index (χ0v) is 12.8. The molecule has 1 saturated heterocycles. The summed E-state index contributed by atoms with van der Waals surface area (Å²) in [5.41, 5.74) is 1.09. The van der Waals surface area contributed by atoms with E-state index in [-0.39, 0.29) is 17.7 Å². The van der Waals surface area contributed by atoms with E-state index in [2.05, 4.69) is 10.1 Å². The van der Waals surface area contributed by atoms with E-state index < -0.39 is 5.97 Å². The van der Waals surface area contributed by atoms with Crippen molar-refractivity contribution < 1.29 is 19.1 Å². The Morgan fingerprint density at radius 3 is 2.23 bits per heavy atom. The summed E-state index contributed by atoms with van der Waals surface area (Å²) in [5, 5.41) is 2.85. The van der Waals surface area contributed by atoms with Crippen LogP contribution in [0.1, 0.15) is 30.1 Å². The number of nitrogens with one attached hydrogen (secondary N) is 1. The number of amides is 2. The summed E-state index contributed by atoms with van der Waals surface area (Å²) in [6.45, 7) is 2.78. The number of carbonyl (C=O) groups is 3. The number of hydrogen-bond acceptors (Lipinski definition) is 4. The second kappa shape index (κ2) is 7.06. The number of piperidine rings is 1. The lowest BCUT2D eigenvalue weighted by Gasteiger charge is -2.30. The fraction of sp³-hybridized carbons (Fsp3) is 0.438. The third-order valence-electron chi connectivity index (χ3n) is 3.88. The van der Waals surface area contributed by atoms with Crippen LogP contribution in [-0.4, -0.2) is 42.9 Å². The van der Waals surface area contributed by atoms with Gasteiger partial charge in [0.15, 0.2) is 0 Å². The van der Waals surface area contributed by atoms with Crippen LogP contribution in [0.25, 0.3) is 0 Å². The van der Waals surface area contributed by atoms with Gasteiger partial charge >= 0.3 is 5.97 Å². The van der Waals surface area contributed by atoms with Crippen molar-refractivity contribution in [3.63, 3.8) is 0 Å². The number of carbonyl (C=O) groups excluding carboxylic acids is 3. The standard InChI is InChI=1S/C16H20N2O4/c1-11(19)18-9-7-12(8-10-18)15(20)17-14-5-3-13(4-6-14)16(21)22-2/h3-6,12H,7-10H2,1-2H3,(H,17,20). The highest BCUT2D eigenvalue weighted by atomic mass is 16.5. The van der Waals surface area contributed by atoms with E-state index in [1.54, 1.807) is 36.1 Å². The van der Waals surface area contributed by atoms with E-state index in [0.717, 1.165) is 0 Å². The lowest BCUT2D eigenvalue weighted by Crippen LogP contribution is -2.40. The molecule has 6 nitrogen and oxygen atoms in total. The van der Waals surface area contributed by atoms with Crippen LogP contribution in [-0.2, 0) is 14.3 Å². The predicted molar refractivity (Wildman–Crippen MR) is 81.4 cm³/mol. The van der Waals surface area contributed by atoms with Gasteiger partial charge in [0, 0.05) is 31.6 Å². The van der Waals surface area contributed by atoms with Crippen molar-refractivity contribution in [2.24, 2.45) is 5.92 Å². The maximum atomic E-state index is 12.2. The number of nitrogens with zero attached hydrogens (tertiary/aromatic N) is 1. The number of esters is 1. The molecule has 0 spiro atoms. The Morgan fingerprint density at radius 2 is 1.73 bits per heavy atom. The molecule has 2 amide bonds. The Kier molecular flexibility index (Phi) is 5.14. The van der Waals surface area contributed by atoms with E-state index in [1.807, 2.05) is 0 Å². The molecule has 0 atom stereocenters. The molecule has 1 heterocycles. The van der Waals surface area contributed by atoms with E-state index in [4.69, 9.17) is 0 Å². The number of likely N-dealkylation sites (tertiary alicyclic amines) is 1. The molecule has 1 aliphatic heterocycles. The first-order chi connectivity index (χ1) is 10.5. The highest BCUT2D eigenvalue weighted by molar-refractivity contribution is 5.94. The average molecular weight is 304 g/mol. The van der Waals surface area contributed by atoms with Crippen LogP contribution >= 0.6 is 0 Å². The molecule has 1 N–H and O–H groups in total. The van der Waals surface area contributed by atoms with Gasteiger partial charge in [0.05, 0.1) is 12.7 Å². The Bertz CT molecular complexity index is 560. The van der Waals surface area contributed by atoms with Gasteiger partial charge in [-0.3, -0.25) is 9.59 Å². The number of methoxy groups -OCH3 is 1. The van der Waals surface area contributed by atoms with Crippen LogP contribution in [0.4, 0.5) is 5.69 Å². The van der Waals surface area contributed by atoms with E-state index in [0.29, 0.717) is 37.2 Å². The van der Waals surface area contributed by atoms with Crippen molar-refractivity contribution >= 4 is 23.5 Å². The highest BCUT2D eigenvalue weighted by Crippen LogP contribution is 2.20. The Morgan fingerprint density at radius 1 is 1.14 bits per heavy atom. The van der Waals surface area contributed by atoms with E-state index >= 15 is 0 Å². The maximum absolute atomic E-state index is 12.2. The van der Waals surface area contributed by atoms with Gasteiger partial charge < -0.3 is 15.0 Å². The van der Waals surface area contributed by atoms with Crippen molar-refractivity contribution in [3.05, 3.63) is 29.8 Å². The molecule has 1 aliphatic rings. The normalized spacial score (nSPS) is 15.3. The summed E-state index contributed by atoms with van der Waals surface area (Å²) in [5.74, 6) is -0.489. The average Bonchev–Trinajstić information content (AvgIpc) is 2.54. The van der Waals surface area contributed by atoms with Gasteiger partial charge in [-0.2, -0.15) is 0 Å². The predicted octanol–water partition coefficient (Wildman–Crippen LogP) is 1.67. The first kappa shape index (κ1) is 16.0. The van der Waals surface area contributed by atoms with Crippen molar-refractivity contribution in [1.29, 1.82) is 0 Å². The largest absolute Gasteiger partial charge is 0.465 e. The third-order valence-corrected chi connectivity index (χ3v) is 3.88. The monoisotopic (exact) mass is 304 g/mol. The Hall–Kier alpha value is -2.37. The zero-order chi connectivity index (χ0) is 16.1. The second-order valence-electron chi connectivity index (χ2n) is 5.34. The van der Waals surface area contributed by atoms with E-state index in [9.17, 15) is 14.4 Å². The summed E-state index contributed by atoms with van der Waals surface area (Å²) in [4.78, 5) is 36.6. The molecule has 1 fully saturated rings. The van der Waals surface area contributed by atoms with Gasteiger partial charge in [0.25, 0.3) is 0 Å². The summed E-state index contributed by atoms with van der Waals surface area (Å²) in [7, 11) is 1.32. The van der Waals surface area contributed by atoms with Crippen LogP contribution in [0.2, 0.25) is 0 Å². The summed E-state index contributed by atoms with van der Waals surface area (Å²) in [6, 6.07) is 6.57. The van der Waals surface area contributed by atoms with Crippen molar-refractivity contribution in [3.8, 4) is 0 Å². The summed E-state index contributed by atoms with van der Waals surface area (Å²) >= 11 is 0. The van der Waals surface area contributed by atoms with Crippen LogP contribution in [0.3, 0.4) is 0 Å². The van der Waals surface area contributed by atoms with Gasteiger partial charge in [-0.15, -0.1) is 0 Å². The highest BCUT2D eigenvalue weighted by Gasteiger charge is 2.26. The topological polar surface area (TPSA) is 75.7 Å². The molecular formula is C16H20N2O4. The minimum absolute atomic E-state index is 0.0472. The van der Waals surface area contributed by atoms with Crippen molar-refractivity contribution in [2.75, 3.05) is 25.5 Å². The van der Waals surface area contributed by atoms with E-state index in [1.165, 1.54) is 7.11 Å². The number of benzene rings is 1. The molecule has 22 heavy (non-hydrogen) atoms. The number of anilines is 1. The molecule has 0 aliphatic carbocycles. The molecule has 0 aromatic heterocycles.